The van der Waals surface area contributed by atoms with E-state index in [2.05, 4.69) is 0 Å². The highest BCUT2D eigenvalue weighted by molar-refractivity contribution is 6.30. The van der Waals surface area contributed by atoms with Crippen LogP contribution in [0.2, 0.25) is 5.02 Å². The lowest BCUT2D eigenvalue weighted by Crippen LogP contribution is -2.12. The number of ether oxygens (including phenoxy) is 1. The third kappa shape index (κ3) is 2.51. The Morgan fingerprint density at radius 2 is 2.10 bits per heavy atom. The molecule has 1 aliphatic rings. The maximum absolute atomic E-state index is 13.4. The van der Waals surface area contributed by atoms with E-state index in [1.807, 2.05) is 12.1 Å². The van der Waals surface area contributed by atoms with Crippen molar-refractivity contribution >= 4 is 11.6 Å². The van der Waals surface area contributed by atoms with Crippen molar-refractivity contribution in [1.82, 2.24) is 0 Å². The van der Waals surface area contributed by atoms with Gasteiger partial charge in [-0.1, -0.05) is 29.8 Å². The number of aliphatic hydroxyl groups excluding tert-OH is 1. The number of para-hydroxylation sites is 1. The van der Waals surface area contributed by atoms with E-state index in [0.29, 0.717) is 23.5 Å². The summed E-state index contributed by atoms with van der Waals surface area (Å²) in [4.78, 5) is 0. The summed E-state index contributed by atoms with van der Waals surface area (Å²) >= 11 is 5.84. The van der Waals surface area contributed by atoms with Crippen molar-refractivity contribution in [2.24, 2.45) is 0 Å². The van der Waals surface area contributed by atoms with Crippen molar-refractivity contribution in [2.45, 2.75) is 18.9 Å². The van der Waals surface area contributed by atoms with E-state index in [0.717, 1.165) is 18.4 Å². The van der Waals surface area contributed by atoms with Gasteiger partial charge in [-0.05, 0) is 42.2 Å². The monoisotopic (exact) mass is 292 g/mol. The molecule has 1 heterocycles. The van der Waals surface area contributed by atoms with Gasteiger partial charge in [0.2, 0.25) is 0 Å². The molecule has 1 atom stereocenters. The molecule has 3 rings (SSSR count). The molecule has 0 fully saturated rings. The van der Waals surface area contributed by atoms with Crippen LogP contribution in [0.3, 0.4) is 0 Å². The van der Waals surface area contributed by atoms with Gasteiger partial charge in [-0.3, -0.25) is 0 Å². The summed E-state index contributed by atoms with van der Waals surface area (Å²) in [7, 11) is 0. The minimum Gasteiger partial charge on any atom is -0.493 e. The fraction of sp³-hybridized carbons (Fsp3) is 0.250. The van der Waals surface area contributed by atoms with Gasteiger partial charge in [0.1, 0.15) is 17.7 Å². The van der Waals surface area contributed by atoms with Crippen LogP contribution in [-0.2, 0) is 6.42 Å². The minimum atomic E-state index is -0.948. The summed E-state index contributed by atoms with van der Waals surface area (Å²) < 4.78 is 19.1. The van der Waals surface area contributed by atoms with Crippen LogP contribution in [0.4, 0.5) is 4.39 Å². The Morgan fingerprint density at radius 1 is 1.25 bits per heavy atom. The first-order valence-corrected chi connectivity index (χ1v) is 6.91. The van der Waals surface area contributed by atoms with Gasteiger partial charge < -0.3 is 9.84 Å². The topological polar surface area (TPSA) is 29.5 Å². The summed E-state index contributed by atoms with van der Waals surface area (Å²) in [6, 6.07) is 9.74. The van der Waals surface area contributed by atoms with E-state index in [1.54, 1.807) is 12.1 Å². The second kappa shape index (κ2) is 5.43. The average molecular weight is 293 g/mol. The molecule has 20 heavy (non-hydrogen) atoms. The highest BCUT2D eigenvalue weighted by Gasteiger charge is 2.21. The van der Waals surface area contributed by atoms with Gasteiger partial charge in [-0.15, -0.1) is 0 Å². The standard InChI is InChI=1S/C16H14ClFO2/c17-12-7-11(8-13(18)9-12)15(19)14-5-1-3-10-4-2-6-20-16(10)14/h1,3,5,7-9,15,19H,2,4,6H2. The number of halogens is 2. The molecule has 1 aliphatic heterocycles. The van der Waals surface area contributed by atoms with Gasteiger partial charge in [0, 0.05) is 10.6 Å². The quantitative estimate of drug-likeness (QED) is 0.910. The van der Waals surface area contributed by atoms with E-state index < -0.39 is 11.9 Å². The third-order valence-electron chi connectivity index (χ3n) is 3.46. The summed E-state index contributed by atoms with van der Waals surface area (Å²) in [5, 5.41) is 10.8. The fourth-order valence-electron chi connectivity index (χ4n) is 2.54. The Labute approximate surface area is 121 Å². The molecular formula is C16H14ClFO2. The smallest absolute Gasteiger partial charge is 0.128 e. The Kier molecular flexibility index (Phi) is 3.64. The van der Waals surface area contributed by atoms with E-state index >= 15 is 0 Å². The van der Waals surface area contributed by atoms with Crippen LogP contribution in [0, 0.1) is 5.82 Å². The van der Waals surface area contributed by atoms with Crippen LogP contribution in [0.5, 0.6) is 5.75 Å². The molecule has 104 valence electrons. The molecule has 0 bridgehead atoms. The predicted molar refractivity (Wildman–Crippen MR) is 75.7 cm³/mol. The Balaban J connectivity index is 2.04. The lowest BCUT2D eigenvalue weighted by molar-refractivity contribution is 0.206. The number of hydrogen-bond acceptors (Lipinski definition) is 2. The fourth-order valence-corrected chi connectivity index (χ4v) is 2.77. The van der Waals surface area contributed by atoms with Crippen molar-refractivity contribution < 1.29 is 14.2 Å². The number of rotatable bonds is 2. The van der Waals surface area contributed by atoms with Gasteiger partial charge >= 0.3 is 0 Å². The number of fused-ring (bicyclic) bond motifs is 1. The molecule has 2 nitrogen and oxygen atoms in total. The summed E-state index contributed by atoms with van der Waals surface area (Å²) in [6.07, 6.45) is 0.953. The number of hydrogen-bond donors (Lipinski definition) is 1. The van der Waals surface area contributed by atoms with E-state index in [1.165, 1.54) is 12.1 Å². The molecule has 0 radical (unpaired) electrons. The average Bonchev–Trinajstić information content (AvgIpc) is 2.45. The van der Waals surface area contributed by atoms with Crippen molar-refractivity contribution in [2.75, 3.05) is 6.61 Å². The van der Waals surface area contributed by atoms with Gasteiger partial charge in [0.15, 0.2) is 0 Å². The van der Waals surface area contributed by atoms with Gasteiger partial charge in [0.05, 0.1) is 6.61 Å². The Bertz CT molecular complexity index is 622. The zero-order valence-corrected chi connectivity index (χ0v) is 11.5. The van der Waals surface area contributed by atoms with Crippen molar-refractivity contribution in [1.29, 1.82) is 0 Å². The van der Waals surface area contributed by atoms with Crippen LogP contribution in [-0.4, -0.2) is 11.7 Å². The molecule has 2 aromatic rings. The second-order valence-corrected chi connectivity index (χ2v) is 5.33. The first-order valence-electron chi connectivity index (χ1n) is 6.54. The minimum absolute atomic E-state index is 0.268. The zero-order chi connectivity index (χ0) is 14.1. The molecular weight excluding hydrogens is 279 g/mol. The molecule has 1 N–H and O–H groups in total. The molecule has 1 unspecified atom stereocenters. The lowest BCUT2D eigenvalue weighted by atomic mass is 9.95. The lowest BCUT2D eigenvalue weighted by Gasteiger charge is -2.23. The highest BCUT2D eigenvalue weighted by Crippen LogP contribution is 2.36. The van der Waals surface area contributed by atoms with Crippen molar-refractivity contribution in [3.8, 4) is 5.75 Å². The van der Waals surface area contributed by atoms with E-state index in [-0.39, 0.29) is 5.02 Å². The number of aliphatic hydroxyl groups is 1. The maximum Gasteiger partial charge on any atom is 0.128 e. The summed E-state index contributed by atoms with van der Waals surface area (Å²) in [5.41, 5.74) is 2.16. The first kappa shape index (κ1) is 13.4. The molecule has 0 saturated carbocycles. The zero-order valence-electron chi connectivity index (χ0n) is 10.8. The molecule has 0 aromatic heterocycles. The number of benzene rings is 2. The van der Waals surface area contributed by atoms with Gasteiger partial charge in [-0.2, -0.15) is 0 Å². The van der Waals surface area contributed by atoms with E-state index in [4.69, 9.17) is 16.3 Å². The Morgan fingerprint density at radius 3 is 2.90 bits per heavy atom. The predicted octanol–water partition coefficient (Wildman–Crippen LogP) is 3.89. The third-order valence-corrected chi connectivity index (χ3v) is 3.68. The molecule has 0 aliphatic carbocycles. The number of aryl methyl sites for hydroxylation is 1. The molecule has 4 heteroatoms. The SMILES string of the molecule is OC(c1cc(F)cc(Cl)c1)c1cccc2c1OCCC2. The highest BCUT2D eigenvalue weighted by atomic mass is 35.5. The van der Waals surface area contributed by atoms with Crippen LogP contribution in [0.25, 0.3) is 0 Å². The second-order valence-electron chi connectivity index (χ2n) is 4.89. The molecule has 0 amide bonds. The largest absolute Gasteiger partial charge is 0.493 e. The molecule has 0 spiro atoms. The maximum atomic E-state index is 13.4. The van der Waals surface area contributed by atoms with Crippen LogP contribution in [0.15, 0.2) is 36.4 Å². The van der Waals surface area contributed by atoms with Crippen LogP contribution >= 0.6 is 11.6 Å². The molecule has 2 aromatic carbocycles. The van der Waals surface area contributed by atoms with Gasteiger partial charge in [-0.25, -0.2) is 4.39 Å². The van der Waals surface area contributed by atoms with Crippen LogP contribution < -0.4 is 4.74 Å². The van der Waals surface area contributed by atoms with Gasteiger partial charge in [0.25, 0.3) is 0 Å². The first-order chi connectivity index (χ1) is 9.65. The Hall–Kier alpha value is -1.58. The van der Waals surface area contributed by atoms with Crippen LogP contribution in [0.1, 0.15) is 29.2 Å². The summed E-state index contributed by atoms with van der Waals surface area (Å²) in [6.45, 7) is 0.640. The molecule has 0 saturated heterocycles. The summed E-state index contributed by atoms with van der Waals surface area (Å²) in [5.74, 6) is 0.254. The van der Waals surface area contributed by atoms with Crippen molar-refractivity contribution in [3.63, 3.8) is 0 Å². The normalized spacial score (nSPS) is 15.3. The van der Waals surface area contributed by atoms with E-state index in [9.17, 15) is 9.50 Å². The van der Waals surface area contributed by atoms with Crippen molar-refractivity contribution in [3.05, 3.63) is 63.9 Å².